The van der Waals surface area contributed by atoms with Crippen LogP contribution in [0, 0.1) is 5.82 Å². The Hall–Kier alpha value is -1.10. The van der Waals surface area contributed by atoms with Crippen molar-refractivity contribution in [2.24, 2.45) is 0 Å². The quantitative estimate of drug-likeness (QED) is 0.764. The molecule has 110 valence electrons. The van der Waals surface area contributed by atoms with Gasteiger partial charge in [-0.25, -0.2) is 4.39 Å². The monoisotopic (exact) mass is 343 g/mol. The van der Waals surface area contributed by atoms with Crippen LogP contribution in [-0.2, 0) is 0 Å². The van der Waals surface area contributed by atoms with Crippen molar-refractivity contribution in [2.75, 3.05) is 19.0 Å². The summed E-state index contributed by atoms with van der Waals surface area (Å²) in [5.74, 6) is -0.293. The largest absolute Gasteiger partial charge is 0.497 e. The Morgan fingerprint density at radius 2 is 2.35 bits per heavy atom. The Morgan fingerprint density at radius 1 is 1.55 bits per heavy atom. The van der Waals surface area contributed by atoms with Gasteiger partial charge in [0.25, 0.3) is 5.91 Å². The Kier molecular flexibility index (Phi) is 5.40. The summed E-state index contributed by atoms with van der Waals surface area (Å²) in [7, 11) is 1.48. The standard InChI is InChI=1S/C15H19BrFNO2/c1-20-12-6-7-13(14(17)10-12)15(19)18-9-3-5-11(18)4-2-8-16/h6-7,10-11H,2-5,8-9H2,1H3. The molecule has 1 aromatic carbocycles. The van der Waals surface area contributed by atoms with Crippen LogP contribution in [-0.4, -0.2) is 35.8 Å². The molecule has 1 aliphatic rings. The van der Waals surface area contributed by atoms with Crippen molar-refractivity contribution in [2.45, 2.75) is 31.7 Å². The van der Waals surface area contributed by atoms with E-state index in [2.05, 4.69) is 15.9 Å². The second-order valence-electron chi connectivity index (χ2n) is 4.97. The van der Waals surface area contributed by atoms with Gasteiger partial charge in [-0.3, -0.25) is 4.79 Å². The van der Waals surface area contributed by atoms with Crippen LogP contribution in [0.1, 0.15) is 36.0 Å². The molecule has 1 amide bonds. The molecule has 0 aromatic heterocycles. The zero-order valence-electron chi connectivity index (χ0n) is 11.6. The number of ether oxygens (including phenoxy) is 1. The Labute approximate surface area is 127 Å². The molecule has 1 unspecified atom stereocenters. The van der Waals surface area contributed by atoms with Crippen LogP contribution in [0.25, 0.3) is 0 Å². The predicted octanol–water partition coefficient (Wildman–Crippen LogP) is 3.61. The molecule has 3 nitrogen and oxygen atoms in total. The smallest absolute Gasteiger partial charge is 0.257 e. The normalized spacial score (nSPS) is 18.4. The molecule has 1 aliphatic heterocycles. The zero-order chi connectivity index (χ0) is 14.5. The van der Waals surface area contributed by atoms with Crippen molar-refractivity contribution >= 4 is 21.8 Å². The van der Waals surface area contributed by atoms with Crippen molar-refractivity contribution in [1.82, 2.24) is 4.90 Å². The van der Waals surface area contributed by atoms with E-state index in [4.69, 9.17) is 4.74 Å². The maximum absolute atomic E-state index is 14.0. The molecule has 1 aromatic rings. The van der Waals surface area contributed by atoms with Crippen LogP contribution >= 0.6 is 15.9 Å². The highest BCUT2D eigenvalue weighted by atomic mass is 79.9. The molecule has 0 aliphatic carbocycles. The van der Waals surface area contributed by atoms with Crippen molar-refractivity contribution in [1.29, 1.82) is 0 Å². The fourth-order valence-corrected chi connectivity index (χ4v) is 2.99. The molecule has 20 heavy (non-hydrogen) atoms. The van der Waals surface area contributed by atoms with E-state index < -0.39 is 5.82 Å². The Bertz CT molecular complexity index is 481. The van der Waals surface area contributed by atoms with Gasteiger partial charge in [0.2, 0.25) is 0 Å². The molecular weight excluding hydrogens is 325 g/mol. The number of carbonyl (C=O) groups excluding carboxylic acids is 1. The lowest BCUT2D eigenvalue weighted by Crippen LogP contribution is -2.36. The lowest BCUT2D eigenvalue weighted by molar-refractivity contribution is 0.0725. The number of alkyl halides is 1. The second-order valence-corrected chi connectivity index (χ2v) is 5.76. The van der Waals surface area contributed by atoms with Gasteiger partial charge in [0.05, 0.1) is 12.7 Å². The SMILES string of the molecule is COc1ccc(C(=O)N2CCCC2CCCBr)c(F)c1. The highest BCUT2D eigenvalue weighted by molar-refractivity contribution is 9.09. The van der Waals surface area contributed by atoms with Gasteiger partial charge >= 0.3 is 0 Å². The summed E-state index contributed by atoms with van der Waals surface area (Å²) < 4.78 is 18.9. The van der Waals surface area contributed by atoms with Crippen molar-refractivity contribution in [3.63, 3.8) is 0 Å². The third kappa shape index (κ3) is 3.32. The van der Waals surface area contributed by atoms with Gasteiger partial charge in [0.1, 0.15) is 11.6 Å². The van der Waals surface area contributed by atoms with Gasteiger partial charge in [-0.05, 0) is 37.8 Å². The number of amides is 1. The summed E-state index contributed by atoms with van der Waals surface area (Å²) in [5.41, 5.74) is 0.136. The minimum Gasteiger partial charge on any atom is -0.497 e. The van der Waals surface area contributed by atoms with Gasteiger partial charge in [0, 0.05) is 24.0 Å². The molecule has 0 spiro atoms. The van der Waals surface area contributed by atoms with Crippen molar-refractivity contribution < 1.29 is 13.9 Å². The minimum absolute atomic E-state index is 0.136. The average Bonchev–Trinajstić information content (AvgIpc) is 2.92. The Balaban J connectivity index is 2.13. The average molecular weight is 344 g/mol. The topological polar surface area (TPSA) is 29.5 Å². The molecular formula is C15H19BrFNO2. The highest BCUT2D eigenvalue weighted by Gasteiger charge is 2.30. The maximum atomic E-state index is 14.0. The maximum Gasteiger partial charge on any atom is 0.257 e. The second kappa shape index (κ2) is 7.07. The van der Waals surface area contributed by atoms with Crippen LogP contribution in [0.5, 0.6) is 5.75 Å². The summed E-state index contributed by atoms with van der Waals surface area (Å²) in [6.45, 7) is 0.719. The van der Waals surface area contributed by atoms with Gasteiger partial charge < -0.3 is 9.64 Å². The molecule has 1 atom stereocenters. The summed E-state index contributed by atoms with van der Waals surface area (Å²) in [6, 6.07) is 4.63. The number of rotatable bonds is 5. The number of hydrogen-bond acceptors (Lipinski definition) is 2. The molecule has 0 radical (unpaired) electrons. The summed E-state index contributed by atoms with van der Waals surface area (Å²) >= 11 is 3.41. The first-order valence-electron chi connectivity index (χ1n) is 6.88. The van der Waals surface area contributed by atoms with E-state index in [0.717, 1.165) is 37.6 Å². The third-order valence-corrected chi connectivity index (χ3v) is 4.28. The number of halogens is 2. The molecule has 5 heteroatoms. The van der Waals surface area contributed by atoms with E-state index in [1.807, 2.05) is 4.90 Å². The van der Waals surface area contributed by atoms with Crippen LogP contribution < -0.4 is 4.74 Å². The van der Waals surface area contributed by atoms with Gasteiger partial charge in [0.15, 0.2) is 0 Å². The molecule has 1 heterocycles. The minimum atomic E-state index is -0.513. The summed E-state index contributed by atoms with van der Waals surface area (Å²) in [5, 5.41) is 0.933. The van der Waals surface area contributed by atoms with Crippen LogP contribution in [0.4, 0.5) is 4.39 Å². The van der Waals surface area contributed by atoms with E-state index >= 15 is 0 Å². The predicted molar refractivity (Wildman–Crippen MR) is 80.0 cm³/mol. The summed E-state index contributed by atoms with van der Waals surface area (Å²) in [6.07, 6.45) is 4.00. The van der Waals surface area contributed by atoms with Gasteiger partial charge in [-0.1, -0.05) is 15.9 Å². The number of carbonyl (C=O) groups is 1. The van der Waals surface area contributed by atoms with Gasteiger partial charge in [-0.15, -0.1) is 0 Å². The highest BCUT2D eigenvalue weighted by Crippen LogP contribution is 2.25. The third-order valence-electron chi connectivity index (χ3n) is 3.72. The molecule has 1 fully saturated rings. The number of hydrogen-bond donors (Lipinski definition) is 0. The van der Waals surface area contributed by atoms with Crippen molar-refractivity contribution in [3.8, 4) is 5.75 Å². The fourth-order valence-electron chi connectivity index (χ4n) is 2.67. The van der Waals surface area contributed by atoms with Crippen LogP contribution in [0.2, 0.25) is 0 Å². The first kappa shape index (κ1) is 15.3. The summed E-state index contributed by atoms with van der Waals surface area (Å²) in [4.78, 5) is 14.3. The first-order valence-corrected chi connectivity index (χ1v) is 8.00. The number of benzene rings is 1. The zero-order valence-corrected chi connectivity index (χ0v) is 13.2. The van der Waals surface area contributed by atoms with Crippen LogP contribution in [0.3, 0.4) is 0 Å². The van der Waals surface area contributed by atoms with E-state index in [0.29, 0.717) is 5.75 Å². The van der Waals surface area contributed by atoms with Crippen molar-refractivity contribution in [3.05, 3.63) is 29.6 Å². The molecule has 0 N–H and O–H groups in total. The van der Waals surface area contributed by atoms with E-state index in [-0.39, 0.29) is 17.5 Å². The van der Waals surface area contributed by atoms with Gasteiger partial charge in [-0.2, -0.15) is 0 Å². The lowest BCUT2D eigenvalue weighted by Gasteiger charge is -2.25. The van der Waals surface area contributed by atoms with E-state index in [1.165, 1.54) is 19.2 Å². The molecule has 0 saturated carbocycles. The fraction of sp³-hybridized carbons (Fsp3) is 0.533. The first-order chi connectivity index (χ1) is 9.67. The molecule has 1 saturated heterocycles. The molecule has 0 bridgehead atoms. The molecule has 2 rings (SSSR count). The number of nitrogens with zero attached hydrogens (tertiary/aromatic N) is 1. The van der Waals surface area contributed by atoms with E-state index in [1.54, 1.807) is 6.07 Å². The lowest BCUT2D eigenvalue weighted by atomic mass is 10.1. The van der Waals surface area contributed by atoms with Crippen LogP contribution in [0.15, 0.2) is 18.2 Å². The van der Waals surface area contributed by atoms with E-state index in [9.17, 15) is 9.18 Å². The number of likely N-dealkylation sites (tertiary alicyclic amines) is 1. The Morgan fingerprint density at radius 3 is 3.00 bits per heavy atom. The number of methoxy groups -OCH3 is 1.